The Labute approximate surface area is 88.4 Å². The normalized spacial score (nSPS) is 12.8. The number of amides is 1. The van der Waals surface area contributed by atoms with Crippen LogP contribution in [-0.2, 0) is 9.53 Å². The van der Waals surface area contributed by atoms with Crippen molar-refractivity contribution in [3.8, 4) is 0 Å². The summed E-state index contributed by atoms with van der Waals surface area (Å²) in [6.45, 7) is 7.97. The van der Waals surface area contributed by atoms with E-state index in [0.717, 1.165) is 0 Å². The van der Waals surface area contributed by atoms with E-state index < -0.39 is 4.32 Å². The number of hydrogen-bond acceptors (Lipinski definition) is 2. The lowest BCUT2D eigenvalue weighted by Gasteiger charge is -2.28. The molecule has 0 radical (unpaired) electrons. The summed E-state index contributed by atoms with van der Waals surface area (Å²) in [4.78, 5) is 11.5. The van der Waals surface area contributed by atoms with Crippen molar-refractivity contribution >= 4 is 21.8 Å². The van der Waals surface area contributed by atoms with Crippen molar-refractivity contribution in [2.45, 2.75) is 37.6 Å². The molecule has 0 aromatic rings. The Morgan fingerprint density at radius 1 is 1.38 bits per heavy atom. The Morgan fingerprint density at radius 2 is 1.85 bits per heavy atom. The van der Waals surface area contributed by atoms with Gasteiger partial charge in [-0.05, 0) is 27.7 Å². The summed E-state index contributed by atoms with van der Waals surface area (Å²) < 4.78 is 4.46. The molecule has 0 heterocycles. The van der Waals surface area contributed by atoms with Crippen LogP contribution in [0.25, 0.3) is 0 Å². The quantitative estimate of drug-likeness (QED) is 0.773. The highest BCUT2D eigenvalue weighted by molar-refractivity contribution is 9.10. The molecule has 0 aromatic heterocycles. The van der Waals surface area contributed by atoms with E-state index in [0.29, 0.717) is 6.61 Å². The molecule has 0 spiro atoms. The summed E-state index contributed by atoms with van der Waals surface area (Å²) in [7, 11) is 1.62. The third-order valence-corrected chi connectivity index (χ3v) is 1.86. The van der Waals surface area contributed by atoms with Gasteiger partial charge in [0, 0.05) is 7.11 Å². The molecule has 0 aliphatic carbocycles. The fourth-order valence-corrected chi connectivity index (χ4v) is 0.952. The van der Waals surface area contributed by atoms with Gasteiger partial charge in [-0.25, -0.2) is 0 Å². The first kappa shape index (κ1) is 12.9. The largest absolute Gasteiger partial charge is 0.382 e. The molecule has 0 rings (SSSR count). The van der Waals surface area contributed by atoms with E-state index in [1.165, 1.54) is 0 Å². The molecule has 1 amide bonds. The minimum Gasteiger partial charge on any atom is -0.382 e. The van der Waals surface area contributed by atoms with Gasteiger partial charge in [-0.2, -0.15) is 0 Å². The van der Waals surface area contributed by atoms with Gasteiger partial charge >= 0.3 is 0 Å². The fraction of sp³-hybridized carbons (Fsp3) is 0.889. The van der Waals surface area contributed by atoms with Crippen LogP contribution < -0.4 is 5.32 Å². The molecule has 1 N–H and O–H groups in total. The van der Waals surface area contributed by atoms with E-state index in [-0.39, 0.29) is 11.4 Å². The summed E-state index contributed by atoms with van der Waals surface area (Å²) >= 11 is 3.29. The molecular weight excluding hydrogens is 234 g/mol. The summed E-state index contributed by atoms with van der Waals surface area (Å²) in [5.74, 6) is -0.0328. The summed E-state index contributed by atoms with van der Waals surface area (Å²) in [6.07, 6.45) is 0. The molecule has 0 aliphatic heterocycles. The van der Waals surface area contributed by atoms with Crippen LogP contribution in [0.15, 0.2) is 0 Å². The zero-order valence-corrected chi connectivity index (χ0v) is 10.5. The number of methoxy groups -OCH3 is 1. The predicted octanol–water partition coefficient (Wildman–Crippen LogP) is 1.70. The van der Waals surface area contributed by atoms with Crippen LogP contribution in [0, 0.1) is 0 Å². The van der Waals surface area contributed by atoms with Crippen LogP contribution >= 0.6 is 15.9 Å². The predicted molar refractivity (Wildman–Crippen MR) is 57.1 cm³/mol. The second-order valence-electron chi connectivity index (χ2n) is 4.24. The fourth-order valence-electron chi connectivity index (χ4n) is 0.853. The van der Waals surface area contributed by atoms with E-state index in [1.54, 1.807) is 7.11 Å². The highest BCUT2D eigenvalue weighted by Gasteiger charge is 2.29. The van der Waals surface area contributed by atoms with Crippen molar-refractivity contribution < 1.29 is 9.53 Å². The van der Waals surface area contributed by atoms with Gasteiger partial charge in [0.05, 0.1) is 16.5 Å². The molecule has 4 heteroatoms. The molecule has 0 aromatic carbocycles. The average Bonchev–Trinajstić information content (AvgIpc) is 1.83. The smallest absolute Gasteiger partial charge is 0.236 e. The van der Waals surface area contributed by atoms with Gasteiger partial charge in [0.25, 0.3) is 0 Å². The van der Waals surface area contributed by atoms with Gasteiger partial charge in [-0.3, -0.25) is 4.79 Å². The number of nitrogens with one attached hydrogen (secondary N) is 1. The van der Waals surface area contributed by atoms with Crippen molar-refractivity contribution in [1.29, 1.82) is 0 Å². The maximum atomic E-state index is 11.5. The Balaban J connectivity index is 4.20. The number of halogens is 1. The lowest BCUT2D eigenvalue weighted by molar-refractivity contribution is -0.124. The number of alkyl halides is 1. The van der Waals surface area contributed by atoms with E-state index in [1.807, 2.05) is 27.7 Å². The van der Waals surface area contributed by atoms with Crippen molar-refractivity contribution in [3.05, 3.63) is 0 Å². The summed E-state index contributed by atoms with van der Waals surface area (Å²) in [6, 6.07) is 0. The van der Waals surface area contributed by atoms with Gasteiger partial charge in [0.1, 0.15) is 0 Å². The van der Waals surface area contributed by atoms with Crippen LogP contribution in [0.5, 0.6) is 0 Å². The van der Waals surface area contributed by atoms with Crippen molar-refractivity contribution in [2.75, 3.05) is 13.7 Å². The Morgan fingerprint density at radius 3 is 2.15 bits per heavy atom. The molecule has 0 unspecified atom stereocenters. The Bertz CT molecular complexity index is 185. The first-order chi connectivity index (χ1) is 5.69. The zero-order chi connectivity index (χ0) is 10.7. The third-order valence-electron chi connectivity index (χ3n) is 1.50. The highest BCUT2D eigenvalue weighted by Crippen LogP contribution is 2.17. The van der Waals surface area contributed by atoms with Gasteiger partial charge in [0.2, 0.25) is 5.91 Å². The van der Waals surface area contributed by atoms with Crippen molar-refractivity contribution in [1.82, 2.24) is 5.32 Å². The van der Waals surface area contributed by atoms with Crippen molar-refractivity contribution in [3.63, 3.8) is 0 Å². The second kappa shape index (κ2) is 4.42. The van der Waals surface area contributed by atoms with Crippen LogP contribution in [0.2, 0.25) is 0 Å². The maximum Gasteiger partial charge on any atom is 0.236 e. The maximum absolute atomic E-state index is 11.5. The Kier molecular flexibility index (Phi) is 4.39. The molecule has 0 atom stereocenters. The zero-order valence-electron chi connectivity index (χ0n) is 8.90. The van der Waals surface area contributed by atoms with E-state index >= 15 is 0 Å². The molecule has 0 aliphatic rings. The molecule has 78 valence electrons. The third kappa shape index (κ3) is 5.26. The van der Waals surface area contributed by atoms with Crippen molar-refractivity contribution in [2.24, 2.45) is 0 Å². The second-order valence-corrected chi connectivity index (χ2v) is 6.23. The molecule has 0 bridgehead atoms. The minimum absolute atomic E-state index is 0.0328. The monoisotopic (exact) mass is 251 g/mol. The molecule has 0 saturated carbocycles. The Hall–Kier alpha value is -0.0900. The number of rotatable bonds is 4. The molecule has 0 fully saturated rings. The number of hydrogen-bond donors (Lipinski definition) is 1. The summed E-state index contributed by atoms with van der Waals surface area (Å²) in [5.41, 5.74) is -0.323. The van der Waals surface area contributed by atoms with Gasteiger partial charge in [-0.1, -0.05) is 15.9 Å². The molecule has 3 nitrogen and oxygen atoms in total. The molecule has 13 heavy (non-hydrogen) atoms. The van der Waals surface area contributed by atoms with Crippen LogP contribution in [0.1, 0.15) is 27.7 Å². The first-order valence-electron chi connectivity index (χ1n) is 4.19. The van der Waals surface area contributed by atoms with Crippen LogP contribution in [0.3, 0.4) is 0 Å². The number of ether oxygens (including phenoxy) is 1. The van der Waals surface area contributed by atoms with Gasteiger partial charge < -0.3 is 10.1 Å². The highest BCUT2D eigenvalue weighted by atomic mass is 79.9. The first-order valence-corrected chi connectivity index (χ1v) is 4.99. The topological polar surface area (TPSA) is 38.3 Å². The minimum atomic E-state index is -0.530. The molecule has 0 saturated heterocycles. The van der Waals surface area contributed by atoms with E-state index in [4.69, 9.17) is 4.74 Å². The summed E-state index contributed by atoms with van der Waals surface area (Å²) in [5, 5.41) is 2.89. The SMILES string of the molecule is COCC(C)(C)NC(=O)C(C)(C)Br. The number of carbonyl (C=O) groups is 1. The van der Waals surface area contributed by atoms with E-state index in [2.05, 4.69) is 21.2 Å². The van der Waals surface area contributed by atoms with Crippen LogP contribution in [-0.4, -0.2) is 29.5 Å². The van der Waals surface area contributed by atoms with Gasteiger partial charge in [-0.15, -0.1) is 0 Å². The van der Waals surface area contributed by atoms with Gasteiger partial charge in [0.15, 0.2) is 0 Å². The molecular formula is C9H18BrNO2. The lowest BCUT2D eigenvalue weighted by Crippen LogP contribution is -2.51. The van der Waals surface area contributed by atoms with E-state index in [9.17, 15) is 4.79 Å². The standard InChI is InChI=1S/C9H18BrNO2/c1-8(2,6-13-5)11-7(12)9(3,4)10/h6H2,1-5H3,(H,11,12). The van der Waals surface area contributed by atoms with Crippen LogP contribution in [0.4, 0.5) is 0 Å². The lowest BCUT2D eigenvalue weighted by atomic mass is 10.1. The number of carbonyl (C=O) groups excluding carboxylic acids is 1. The average molecular weight is 252 g/mol.